The molecule has 0 unspecified atom stereocenters. The maximum Gasteiger partial charge on any atom is 0.287 e. The van der Waals surface area contributed by atoms with Crippen molar-refractivity contribution in [1.29, 1.82) is 0 Å². The Morgan fingerprint density at radius 2 is 1.91 bits per heavy atom. The van der Waals surface area contributed by atoms with Crippen LogP contribution in [-0.2, 0) is 0 Å². The van der Waals surface area contributed by atoms with Crippen molar-refractivity contribution in [3.05, 3.63) is 85.7 Å². The number of nitrogens with zero attached hydrogens (tertiary/aromatic N) is 2. The van der Waals surface area contributed by atoms with Crippen LogP contribution in [0.25, 0.3) is 32.6 Å². The largest absolute Gasteiger partial charge is 0.436 e. The van der Waals surface area contributed by atoms with Crippen molar-refractivity contribution in [2.75, 3.05) is 5.32 Å². The Morgan fingerprint density at radius 1 is 1.15 bits per heavy atom. The second-order valence-electron chi connectivity index (χ2n) is 7.64. The van der Waals surface area contributed by atoms with Gasteiger partial charge in [0.15, 0.2) is 5.58 Å². The number of benzene rings is 3. The molecule has 0 bridgehead atoms. The summed E-state index contributed by atoms with van der Waals surface area (Å²) in [7, 11) is 0. The zero-order valence-corrected chi connectivity index (χ0v) is 19.1. The lowest BCUT2D eigenvalue weighted by atomic mass is 10.1. The number of aromatic nitrogens is 1. The van der Waals surface area contributed by atoms with E-state index < -0.39 is 10.8 Å². The molecule has 3 aromatic carbocycles. The zero-order chi connectivity index (χ0) is 23.3. The topological polar surface area (TPSA) is 98.3 Å². The number of oxazole rings is 1. The van der Waals surface area contributed by atoms with Gasteiger partial charge in [0.25, 0.3) is 11.6 Å². The van der Waals surface area contributed by atoms with Gasteiger partial charge in [0.1, 0.15) is 15.1 Å². The molecule has 0 aliphatic heterocycles. The predicted octanol–water partition coefficient (Wildman–Crippen LogP) is 7.14. The van der Waals surface area contributed by atoms with E-state index in [0.717, 1.165) is 39.1 Å². The van der Waals surface area contributed by atoms with Crippen molar-refractivity contribution < 1.29 is 14.1 Å². The number of nitrogens with one attached hydrogen (secondary N) is 1. The van der Waals surface area contributed by atoms with E-state index in [-0.39, 0.29) is 15.6 Å². The highest BCUT2D eigenvalue weighted by Crippen LogP contribution is 2.40. The summed E-state index contributed by atoms with van der Waals surface area (Å²) in [5, 5.41) is 14.8. The molecule has 0 radical (unpaired) electrons. The zero-order valence-electron chi connectivity index (χ0n) is 17.5. The first kappa shape index (κ1) is 21.1. The first-order valence-corrected chi connectivity index (χ1v) is 11.2. The number of amides is 1. The molecule has 0 aliphatic rings. The second kappa shape index (κ2) is 7.99. The Morgan fingerprint density at radius 3 is 2.64 bits per heavy atom. The predicted molar refractivity (Wildman–Crippen MR) is 130 cm³/mol. The van der Waals surface area contributed by atoms with Gasteiger partial charge in [-0.1, -0.05) is 29.8 Å². The van der Waals surface area contributed by atoms with E-state index >= 15 is 0 Å². The van der Waals surface area contributed by atoms with Crippen LogP contribution in [-0.4, -0.2) is 15.8 Å². The number of anilines is 1. The number of rotatable bonds is 4. The average Bonchev–Trinajstić information content (AvgIpc) is 3.36. The number of nitro benzene ring substituents is 1. The molecule has 1 amide bonds. The molecule has 0 aliphatic carbocycles. The summed E-state index contributed by atoms with van der Waals surface area (Å²) < 4.78 is 6.31. The number of hydrogen-bond acceptors (Lipinski definition) is 6. The number of non-ortho nitro benzene ring substituents is 1. The Hall–Kier alpha value is -3.75. The fraction of sp³-hybridized carbons (Fsp3) is 0.0833. The number of carbonyl (C=O) groups is 1. The minimum Gasteiger partial charge on any atom is -0.436 e. The summed E-state index contributed by atoms with van der Waals surface area (Å²) in [6, 6.07) is 15.7. The van der Waals surface area contributed by atoms with E-state index in [1.54, 1.807) is 36.4 Å². The number of nitro groups is 1. The van der Waals surface area contributed by atoms with E-state index in [1.807, 2.05) is 26.0 Å². The van der Waals surface area contributed by atoms with Crippen LogP contribution >= 0.6 is 22.9 Å². The SMILES string of the molecule is Cc1cc(C)c2oc(-c3ccc(NC(=O)c4sc5c([N+](=O)[O-])cccc5c4Cl)cc3)nc2c1. The maximum atomic E-state index is 12.8. The summed E-state index contributed by atoms with van der Waals surface area (Å²) in [5.41, 5.74) is 4.93. The number of carbonyl (C=O) groups excluding carboxylic acids is 1. The fourth-order valence-electron chi connectivity index (χ4n) is 3.75. The monoisotopic (exact) mass is 477 g/mol. The molecule has 0 spiro atoms. The van der Waals surface area contributed by atoms with Crippen LogP contribution in [0.15, 0.2) is 59.0 Å². The third-order valence-corrected chi connectivity index (χ3v) is 6.98. The molecule has 2 heterocycles. The van der Waals surface area contributed by atoms with E-state index in [0.29, 0.717) is 21.7 Å². The second-order valence-corrected chi connectivity index (χ2v) is 9.04. The molecular formula is C24H16ClN3O4S. The van der Waals surface area contributed by atoms with Gasteiger partial charge in [-0.25, -0.2) is 4.98 Å². The lowest BCUT2D eigenvalue weighted by Gasteiger charge is -2.04. The molecule has 164 valence electrons. The smallest absolute Gasteiger partial charge is 0.287 e. The molecule has 5 aromatic rings. The highest BCUT2D eigenvalue weighted by molar-refractivity contribution is 7.22. The van der Waals surface area contributed by atoms with Crippen molar-refractivity contribution in [1.82, 2.24) is 4.98 Å². The Labute approximate surface area is 196 Å². The molecular weight excluding hydrogens is 462 g/mol. The Balaban J connectivity index is 1.41. The number of hydrogen-bond donors (Lipinski definition) is 1. The van der Waals surface area contributed by atoms with Crippen LogP contribution in [0.4, 0.5) is 11.4 Å². The van der Waals surface area contributed by atoms with Crippen molar-refractivity contribution >= 4 is 61.4 Å². The summed E-state index contributed by atoms with van der Waals surface area (Å²) in [5.74, 6) is 0.0626. The van der Waals surface area contributed by atoms with Crippen molar-refractivity contribution in [3.63, 3.8) is 0 Å². The summed E-state index contributed by atoms with van der Waals surface area (Å²) in [6.07, 6.45) is 0. The molecule has 2 aromatic heterocycles. The minimum absolute atomic E-state index is 0.0773. The van der Waals surface area contributed by atoms with Gasteiger partial charge in [-0.3, -0.25) is 14.9 Å². The van der Waals surface area contributed by atoms with Gasteiger partial charge in [0, 0.05) is 22.7 Å². The molecule has 0 saturated heterocycles. The molecule has 9 heteroatoms. The van der Waals surface area contributed by atoms with Gasteiger partial charge < -0.3 is 9.73 Å². The third-order valence-electron chi connectivity index (χ3n) is 5.25. The number of halogens is 1. The standard InChI is InChI=1S/C24H16ClN3O4S/c1-12-10-13(2)20-17(11-12)27-24(32-20)14-6-8-15(9-7-14)26-23(29)22-19(25)16-4-3-5-18(28(30)31)21(16)33-22/h3-11H,1-2H3,(H,26,29). The molecule has 33 heavy (non-hydrogen) atoms. The molecule has 0 fully saturated rings. The van der Waals surface area contributed by atoms with Crippen LogP contribution in [0.5, 0.6) is 0 Å². The van der Waals surface area contributed by atoms with Gasteiger partial charge in [0.2, 0.25) is 5.89 Å². The minimum atomic E-state index is -0.482. The van der Waals surface area contributed by atoms with Crippen LogP contribution in [0.1, 0.15) is 20.8 Å². The van der Waals surface area contributed by atoms with Crippen molar-refractivity contribution in [2.45, 2.75) is 13.8 Å². The first-order chi connectivity index (χ1) is 15.8. The fourth-order valence-corrected chi connectivity index (χ4v) is 5.24. The van der Waals surface area contributed by atoms with Crippen LogP contribution in [0.3, 0.4) is 0 Å². The van der Waals surface area contributed by atoms with E-state index in [1.165, 1.54) is 6.07 Å². The maximum absolute atomic E-state index is 12.8. The van der Waals surface area contributed by atoms with Crippen LogP contribution in [0, 0.1) is 24.0 Å². The van der Waals surface area contributed by atoms with E-state index in [2.05, 4.69) is 10.3 Å². The summed E-state index contributed by atoms with van der Waals surface area (Å²) in [4.78, 5) is 28.4. The van der Waals surface area contributed by atoms with Gasteiger partial charge >= 0.3 is 0 Å². The number of thiophene rings is 1. The van der Waals surface area contributed by atoms with Crippen LogP contribution in [0.2, 0.25) is 5.02 Å². The highest BCUT2D eigenvalue weighted by atomic mass is 35.5. The quantitative estimate of drug-likeness (QED) is 0.219. The lowest BCUT2D eigenvalue weighted by molar-refractivity contribution is -0.382. The van der Waals surface area contributed by atoms with Gasteiger partial charge in [-0.15, -0.1) is 11.3 Å². The Bertz CT molecular complexity index is 1570. The van der Waals surface area contributed by atoms with Gasteiger partial charge in [0.05, 0.1) is 9.95 Å². The molecule has 7 nitrogen and oxygen atoms in total. The lowest BCUT2D eigenvalue weighted by Crippen LogP contribution is -2.10. The van der Waals surface area contributed by atoms with Gasteiger partial charge in [-0.05, 0) is 55.3 Å². The van der Waals surface area contributed by atoms with Crippen molar-refractivity contribution in [3.8, 4) is 11.5 Å². The highest BCUT2D eigenvalue weighted by Gasteiger charge is 2.23. The van der Waals surface area contributed by atoms with Crippen LogP contribution < -0.4 is 5.32 Å². The summed E-state index contributed by atoms with van der Waals surface area (Å²) in [6.45, 7) is 4.00. The Kier molecular flexibility index (Phi) is 5.11. The van der Waals surface area contributed by atoms with E-state index in [4.69, 9.17) is 16.0 Å². The first-order valence-electron chi connectivity index (χ1n) is 9.97. The van der Waals surface area contributed by atoms with Crippen molar-refractivity contribution in [2.24, 2.45) is 0 Å². The number of aryl methyl sites for hydroxylation is 2. The normalized spacial score (nSPS) is 11.2. The average molecular weight is 478 g/mol. The van der Waals surface area contributed by atoms with Gasteiger partial charge in [-0.2, -0.15) is 0 Å². The summed E-state index contributed by atoms with van der Waals surface area (Å²) >= 11 is 7.37. The third kappa shape index (κ3) is 3.73. The molecule has 5 rings (SSSR count). The van der Waals surface area contributed by atoms with E-state index in [9.17, 15) is 14.9 Å². The molecule has 0 saturated carbocycles. The molecule has 1 N–H and O–H groups in total. The number of fused-ring (bicyclic) bond motifs is 2. The molecule has 0 atom stereocenters.